The standard InChI is InChI=1S/C16H26N2O2/c1-17-11-7-9-14(17)15-8-3-2-5-12-18(15)16(20)10-4-6-13-19/h7,9,11,15,19H,2-6,8,10,12-13H2,1H3. The van der Waals surface area contributed by atoms with Crippen molar-refractivity contribution in [2.24, 2.45) is 7.05 Å². The first-order valence-corrected chi connectivity index (χ1v) is 7.75. The second-order valence-electron chi connectivity index (χ2n) is 5.68. The Morgan fingerprint density at radius 1 is 1.35 bits per heavy atom. The molecule has 1 aromatic rings. The van der Waals surface area contributed by atoms with E-state index in [1.807, 2.05) is 0 Å². The molecule has 0 aliphatic carbocycles. The molecule has 20 heavy (non-hydrogen) atoms. The predicted octanol–water partition coefficient (Wildman–Crippen LogP) is 2.63. The molecule has 0 aromatic carbocycles. The van der Waals surface area contributed by atoms with Gasteiger partial charge in [-0.25, -0.2) is 0 Å². The summed E-state index contributed by atoms with van der Waals surface area (Å²) in [5, 5.41) is 8.84. The Bertz CT molecular complexity index is 428. The fourth-order valence-corrected chi connectivity index (χ4v) is 3.07. The van der Waals surface area contributed by atoms with Crippen LogP contribution < -0.4 is 0 Å². The Hall–Kier alpha value is -1.29. The quantitative estimate of drug-likeness (QED) is 0.842. The number of nitrogens with zero attached hydrogens (tertiary/aromatic N) is 2. The van der Waals surface area contributed by atoms with Crippen molar-refractivity contribution in [3.05, 3.63) is 24.0 Å². The van der Waals surface area contributed by atoms with Crippen LogP contribution in [-0.4, -0.2) is 33.6 Å². The largest absolute Gasteiger partial charge is 0.396 e. The van der Waals surface area contributed by atoms with Crippen LogP contribution in [0.15, 0.2) is 18.3 Å². The minimum Gasteiger partial charge on any atom is -0.396 e. The summed E-state index contributed by atoms with van der Waals surface area (Å²) in [7, 11) is 2.05. The fourth-order valence-electron chi connectivity index (χ4n) is 3.07. The number of aliphatic hydroxyl groups excluding tert-OH is 1. The first kappa shape index (κ1) is 15.1. The average Bonchev–Trinajstić information content (AvgIpc) is 2.73. The molecule has 1 aromatic heterocycles. The molecule has 0 saturated carbocycles. The molecule has 0 spiro atoms. The van der Waals surface area contributed by atoms with Crippen LogP contribution >= 0.6 is 0 Å². The molecule has 112 valence electrons. The number of aromatic nitrogens is 1. The van der Waals surface area contributed by atoms with E-state index in [1.54, 1.807) is 0 Å². The van der Waals surface area contributed by atoms with Crippen molar-refractivity contribution >= 4 is 5.91 Å². The molecule has 1 unspecified atom stereocenters. The smallest absolute Gasteiger partial charge is 0.223 e. The second-order valence-corrected chi connectivity index (χ2v) is 5.68. The van der Waals surface area contributed by atoms with Gasteiger partial charge in [0.05, 0.1) is 6.04 Å². The molecule has 1 amide bonds. The molecular weight excluding hydrogens is 252 g/mol. The van der Waals surface area contributed by atoms with Gasteiger partial charge in [-0.15, -0.1) is 0 Å². The second kappa shape index (κ2) is 7.48. The van der Waals surface area contributed by atoms with E-state index in [0.717, 1.165) is 25.8 Å². The summed E-state index contributed by atoms with van der Waals surface area (Å²) in [6.45, 7) is 1.04. The van der Waals surface area contributed by atoms with Gasteiger partial charge in [0.2, 0.25) is 5.91 Å². The molecule has 1 N–H and O–H groups in total. The monoisotopic (exact) mass is 278 g/mol. The highest BCUT2D eigenvalue weighted by Gasteiger charge is 2.27. The lowest BCUT2D eigenvalue weighted by Gasteiger charge is -2.30. The number of hydrogen-bond donors (Lipinski definition) is 1. The van der Waals surface area contributed by atoms with E-state index >= 15 is 0 Å². The van der Waals surface area contributed by atoms with E-state index in [2.05, 4.69) is 34.8 Å². The lowest BCUT2D eigenvalue weighted by molar-refractivity contribution is -0.133. The van der Waals surface area contributed by atoms with Gasteiger partial charge in [-0.1, -0.05) is 12.8 Å². The van der Waals surface area contributed by atoms with Crippen LogP contribution in [0.4, 0.5) is 0 Å². The van der Waals surface area contributed by atoms with E-state index in [0.29, 0.717) is 12.8 Å². The number of likely N-dealkylation sites (tertiary alicyclic amines) is 1. The van der Waals surface area contributed by atoms with E-state index in [4.69, 9.17) is 5.11 Å². The molecule has 0 radical (unpaired) electrons. The van der Waals surface area contributed by atoms with Crippen LogP contribution in [0.5, 0.6) is 0 Å². The Labute approximate surface area is 121 Å². The Balaban J connectivity index is 2.09. The van der Waals surface area contributed by atoms with E-state index in [-0.39, 0.29) is 18.6 Å². The van der Waals surface area contributed by atoms with Crippen molar-refractivity contribution in [2.75, 3.05) is 13.2 Å². The Morgan fingerprint density at radius 3 is 2.90 bits per heavy atom. The Kier molecular flexibility index (Phi) is 5.65. The molecule has 0 bridgehead atoms. The van der Waals surface area contributed by atoms with Crippen LogP contribution in [0.3, 0.4) is 0 Å². The molecule has 1 aliphatic heterocycles. The van der Waals surface area contributed by atoms with E-state index in [1.165, 1.54) is 18.5 Å². The lowest BCUT2D eigenvalue weighted by Crippen LogP contribution is -2.35. The number of unbranched alkanes of at least 4 members (excludes halogenated alkanes) is 1. The number of carbonyl (C=O) groups excluding carboxylic acids is 1. The zero-order valence-corrected chi connectivity index (χ0v) is 12.4. The number of amides is 1. The number of hydrogen-bond acceptors (Lipinski definition) is 2. The van der Waals surface area contributed by atoms with Gasteiger partial charge in [-0.05, 0) is 37.8 Å². The predicted molar refractivity (Wildman–Crippen MR) is 79.3 cm³/mol. The number of rotatable bonds is 5. The van der Waals surface area contributed by atoms with Crippen LogP contribution in [-0.2, 0) is 11.8 Å². The van der Waals surface area contributed by atoms with Gasteiger partial charge >= 0.3 is 0 Å². The minimum atomic E-state index is 0.175. The summed E-state index contributed by atoms with van der Waals surface area (Å²) in [6, 6.07) is 4.40. The summed E-state index contributed by atoms with van der Waals surface area (Å²) in [5.41, 5.74) is 1.24. The van der Waals surface area contributed by atoms with Crippen LogP contribution in [0.2, 0.25) is 0 Å². The first-order chi connectivity index (χ1) is 9.74. The van der Waals surface area contributed by atoms with Gasteiger partial charge in [0.25, 0.3) is 0 Å². The van der Waals surface area contributed by atoms with Crippen molar-refractivity contribution in [1.82, 2.24) is 9.47 Å². The molecule has 4 heteroatoms. The topological polar surface area (TPSA) is 45.5 Å². The average molecular weight is 278 g/mol. The molecular formula is C16H26N2O2. The number of aliphatic hydroxyl groups is 1. The summed E-state index contributed by atoms with van der Waals surface area (Å²) in [4.78, 5) is 14.5. The maximum absolute atomic E-state index is 12.5. The van der Waals surface area contributed by atoms with Crippen molar-refractivity contribution < 1.29 is 9.90 Å². The van der Waals surface area contributed by atoms with Gasteiger partial charge in [0, 0.05) is 38.5 Å². The van der Waals surface area contributed by atoms with Crippen molar-refractivity contribution in [3.8, 4) is 0 Å². The molecule has 2 rings (SSSR count). The number of carbonyl (C=O) groups is 1. The van der Waals surface area contributed by atoms with Gasteiger partial charge in [0.1, 0.15) is 0 Å². The molecule has 2 heterocycles. The highest BCUT2D eigenvalue weighted by molar-refractivity contribution is 5.76. The molecule has 1 fully saturated rings. The summed E-state index contributed by atoms with van der Waals surface area (Å²) >= 11 is 0. The van der Waals surface area contributed by atoms with Crippen LogP contribution in [0, 0.1) is 0 Å². The lowest BCUT2D eigenvalue weighted by atomic mass is 10.1. The van der Waals surface area contributed by atoms with Gasteiger partial charge < -0.3 is 14.6 Å². The molecule has 4 nitrogen and oxygen atoms in total. The molecule has 1 aliphatic rings. The van der Waals surface area contributed by atoms with Crippen molar-refractivity contribution in [3.63, 3.8) is 0 Å². The third kappa shape index (κ3) is 3.63. The number of aryl methyl sites for hydroxylation is 1. The maximum Gasteiger partial charge on any atom is 0.223 e. The molecule has 1 atom stereocenters. The normalized spacial score (nSPS) is 19.9. The highest BCUT2D eigenvalue weighted by Crippen LogP contribution is 2.30. The Morgan fingerprint density at radius 2 is 2.20 bits per heavy atom. The summed E-state index contributed by atoms with van der Waals surface area (Å²) < 4.78 is 2.13. The van der Waals surface area contributed by atoms with E-state index < -0.39 is 0 Å². The summed E-state index contributed by atoms with van der Waals surface area (Å²) in [6.07, 6.45) is 8.67. The third-order valence-electron chi connectivity index (χ3n) is 4.20. The van der Waals surface area contributed by atoms with Gasteiger partial charge in [0.15, 0.2) is 0 Å². The van der Waals surface area contributed by atoms with E-state index in [9.17, 15) is 4.79 Å². The summed E-state index contributed by atoms with van der Waals surface area (Å²) in [5.74, 6) is 0.242. The zero-order valence-electron chi connectivity index (χ0n) is 12.4. The first-order valence-electron chi connectivity index (χ1n) is 7.75. The molecule has 1 saturated heterocycles. The van der Waals surface area contributed by atoms with Crippen molar-refractivity contribution in [1.29, 1.82) is 0 Å². The fraction of sp³-hybridized carbons (Fsp3) is 0.688. The zero-order chi connectivity index (χ0) is 14.4. The third-order valence-corrected chi connectivity index (χ3v) is 4.20. The van der Waals surface area contributed by atoms with Gasteiger partial charge in [-0.3, -0.25) is 4.79 Å². The van der Waals surface area contributed by atoms with Crippen LogP contribution in [0.25, 0.3) is 0 Å². The van der Waals surface area contributed by atoms with Gasteiger partial charge in [-0.2, -0.15) is 0 Å². The maximum atomic E-state index is 12.5. The minimum absolute atomic E-state index is 0.175. The highest BCUT2D eigenvalue weighted by atomic mass is 16.3. The van der Waals surface area contributed by atoms with Crippen LogP contribution in [0.1, 0.15) is 56.7 Å². The van der Waals surface area contributed by atoms with Crippen molar-refractivity contribution in [2.45, 2.75) is 51.0 Å². The SMILES string of the molecule is Cn1cccc1C1CCCCCN1C(=O)CCCCO.